The summed E-state index contributed by atoms with van der Waals surface area (Å²) in [6, 6.07) is 9.83. The maximum Gasteiger partial charge on any atom is 0.330 e. The van der Waals surface area contributed by atoms with Gasteiger partial charge in [-0.05, 0) is 39.3 Å². The lowest BCUT2D eigenvalue weighted by Gasteiger charge is -2.29. The van der Waals surface area contributed by atoms with E-state index in [2.05, 4.69) is 22.6 Å². The van der Waals surface area contributed by atoms with Crippen molar-refractivity contribution < 1.29 is 33.2 Å². The number of carbonyl (C=O) groups is 1. The molecule has 0 unspecified atom stereocenters. The van der Waals surface area contributed by atoms with E-state index in [0.717, 1.165) is 9.99 Å². The normalized spacial score (nSPS) is 30.5. The fraction of sp³-hybridized carbons (Fsp3) is 0.609. The fourth-order valence-electron chi connectivity index (χ4n) is 3.85. The Morgan fingerprint density at radius 3 is 2.35 bits per heavy atom. The molecule has 1 aromatic rings. The first-order valence-electron chi connectivity index (χ1n) is 10.3. The largest absolute Gasteiger partial charge is 0.466 e. The van der Waals surface area contributed by atoms with Crippen molar-refractivity contribution in [3.8, 4) is 0 Å². The molecule has 0 amide bonds. The molecule has 0 aliphatic carbocycles. The lowest BCUT2D eigenvalue weighted by molar-refractivity contribution is -0.175. The quantitative estimate of drug-likeness (QED) is 0.213. The van der Waals surface area contributed by atoms with Crippen LogP contribution < -0.4 is 0 Å². The minimum atomic E-state index is -0.839. The summed E-state index contributed by atoms with van der Waals surface area (Å²) < 4.78 is 36.5. The van der Waals surface area contributed by atoms with Crippen LogP contribution in [0.3, 0.4) is 0 Å². The number of carbonyl (C=O) groups excluding carboxylic acids is 1. The van der Waals surface area contributed by atoms with E-state index >= 15 is 0 Å². The van der Waals surface area contributed by atoms with E-state index in [1.165, 1.54) is 13.2 Å². The van der Waals surface area contributed by atoms with Gasteiger partial charge in [0.1, 0.15) is 24.4 Å². The summed E-state index contributed by atoms with van der Waals surface area (Å²) in [5, 5.41) is 0. The van der Waals surface area contributed by atoms with Gasteiger partial charge in [0.25, 0.3) is 0 Å². The summed E-state index contributed by atoms with van der Waals surface area (Å²) in [4.78, 5) is 11.8. The Kier molecular flexibility index (Phi) is 8.15. The van der Waals surface area contributed by atoms with E-state index in [9.17, 15) is 4.79 Å². The predicted molar refractivity (Wildman–Crippen MR) is 123 cm³/mol. The number of alkyl halides is 1. The first-order valence-corrected chi connectivity index (χ1v) is 11.9. The first-order chi connectivity index (χ1) is 14.6. The van der Waals surface area contributed by atoms with Gasteiger partial charge in [0.15, 0.2) is 11.6 Å². The van der Waals surface area contributed by atoms with Gasteiger partial charge in [0, 0.05) is 10.5 Å². The molecule has 5 atom stereocenters. The summed E-state index contributed by atoms with van der Waals surface area (Å²) in [6.07, 6.45) is 1.01. The number of methoxy groups -OCH3 is 1. The molecule has 3 rings (SSSR count). The molecule has 8 heteroatoms. The topological polar surface area (TPSA) is 72.5 Å². The van der Waals surface area contributed by atoms with Crippen molar-refractivity contribution in [1.29, 1.82) is 0 Å². The molecule has 0 radical (unpaired) electrons. The summed E-state index contributed by atoms with van der Waals surface area (Å²) in [5.41, 5.74) is 1.01. The number of benzene rings is 1. The number of hydrogen-bond acceptors (Lipinski definition) is 7. The van der Waals surface area contributed by atoms with Gasteiger partial charge in [-0.3, -0.25) is 0 Å². The van der Waals surface area contributed by atoms with Crippen LogP contribution in [0.5, 0.6) is 0 Å². The molecule has 7 nitrogen and oxygen atoms in total. The van der Waals surface area contributed by atoms with Gasteiger partial charge in [-0.1, -0.05) is 52.9 Å². The molecular weight excluding hydrogens is 515 g/mol. The van der Waals surface area contributed by atoms with Gasteiger partial charge in [-0.15, -0.1) is 0 Å². The Morgan fingerprint density at radius 1 is 1.06 bits per heavy atom. The van der Waals surface area contributed by atoms with Crippen molar-refractivity contribution in [2.24, 2.45) is 0 Å². The van der Waals surface area contributed by atoms with Crippen molar-refractivity contribution in [2.75, 3.05) is 11.5 Å². The SMILES string of the molecule is COC(=O)/C=C\[C@H](OCc1ccccc1)[C@@H]1OC(C)(C)O[C@H]1[C@@H]1OC(C)(C)O[C@@H]1CI. The van der Waals surface area contributed by atoms with Gasteiger partial charge in [0.2, 0.25) is 0 Å². The number of rotatable bonds is 8. The van der Waals surface area contributed by atoms with Crippen LogP contribution in [0.15, 0.2) is 42.5 Å². The molecule has 31 heavy (non-hydrogen) atoms. The molecule has 2 saturated heterocycles. The second-order valence-corrected chi connectivity index (χ2v) is 9.38. The molecule has 0 N–H and O–H groups in total. The summed E-state index contributed by atoms with van der Waals surface area (Å²) in [5.74, 6) is -2.02. The third kappa shape index (κ3) is 6.49. The van der Waals surface area contributed by atoms with Gasteiger partial charge in [-0.25, -0.2) is 4.79 Å². The summed E-state index contributed by atoms with van der Waals surface area (Å²) >= 11 is 2.29. The van der Waals surface area contributed by atoms with E-state index in [0.29, 0.717) is 6.61 Å². The molecular formula is C23H31IO7. The van der Waals surface area contributed by atoms with E-state index in [1.54, 1.807) is 6.08 Å². The molecule has 0 spiro atoms. The minimum Gasteiger partial charge on any atom is -0.466 e. The van der Waals surface area contributed by atoms with Crippen LogP contribution in [0.4, 0.5) is 0 Å². The van der Waals surface area contributed by atoms with Crippen molar-refractivity contribution in [1.82, 2.24) is 0 Å². The number of halogens is 1. The lowest BCUT2D eigenvalue weighted by atomic mass is 9.99. The highest BCUT2D eigenvalue weighted by Gasteiger charge is 2.55. The summed E-state index contributed by atoms with van der Waals surface area (Å²) in [7, 11) is 1.34. The molecule has 2 aliphatic heterocycles. The lowest BCUT2D eigenvalue weighted by Crippen LogP contribution is -2.47. The summed E-state index contributed by atoms with van der Waals surface area (Å²) in [6.45, 7) is 7.86. The van der Waals surface area contributed by atoms with Crippen LogP contribution in [0.1, 0.15) is 33.3 Å². The Morgan fingerprint density at radius 2 is 1.71 bits per heavy atom. The van der Waals surface area contributed by atoms with E-state index < -0.39 is 35.9 Å². The van der Waals surface area contributed by atoms with Crippen molar-refractivity contribution in [3.63, 3.8) is 0 Å². The fourth-order valence-corrected chi connectivity index (χ4v) is 4.54. The van der Waals surface area contributed by atoms with Crippen LogP contribution in [0.2, 0.25) is 0 Å². The molecule has 2 heterocycles. The maximum absolute atomic E-state index is 11.8. The van der Waals surface area contributed by atoms with E-state index in [4.69, 9.17) is 28.4 Å². The monoisotopic (exact) mass is 546 g/mol. The second kappa shape index (κ2) is 10.3. The van der Waals surface area contributed by atoms with Crippen LogP contribution >= 0.6 is 22.6 Å². The van der Waals surface area contributed by atoms with E-state index in [-0.39, 0.29) is 12.2 Å². The molecule has 2 aliphatic rings. The Balaban J connectivity index is 1.86. The van der Waals surface area contributed by atoms with Gasteiger partial charge < -0.3 is 28.4 Å². The van der Waals surface area contributed by atoms with Crippen LogP contribution in [-0.4, -0.2) is 59.6 Å². The third-order valence-corrected chi connectivity index (χ3v) is 5.96. The number of esters is 1. The average molecular weight is 546 g/mol. The minimum absolute atomic E-state index is 0.153. The van der Waals surface area contributed by atoms with Crippen LogP contribution in [-0.2, 0) is 39.8 Å². The standard InChI is InChI=1S/C23H31IO7/c1-22(2)28-17(13-24)20(30-22)21-19(29-23(3,4)31-21)16(11-12-18(25)26-5)27-14-15-9-7-6-8-10-15/h6-12,16-17,19-21H,13-14H2,1-5H3/b12-11-/t16-,17+,19-,20+,21+/m0/s1. The molecule has 1 aromatic carbocycles. The molecule has 0 aromatic heterocycles. The molecule has 172 valence electrons. The number of hydrogen-bond donors (Lipinski definition) is 0. The smallest absolute Gasteiger partial charge is 0.330 e. The zero-order valence-electron chi connectivity index (χ0n) is 18.6. The average Bonchev–Trinajstić information content (AvgIpc) is 3.23. The van der Waals surface area contributed by atoms with Crippen molar-refractivity contribution >= 4 is 28.6 Å². The highest BCUT2D eigenvalue weighted by Crippen LogP contribution is 2.40. The Labute approximate surface area is 197 Å². The van der Waals surface area contributed by atoms with Gasteiger partial charge >= 0.3 is 5.97 Å². The second-order valence-electron chi connectivity index (χ2n) is 8.50. The Hall–Kier alpha value is -1.04. The van der Waals surface area contributed by atoms with Gasteiger partial charge in [0.05, 0.1) is 19.8 Å². The van der Waals surface area contributed by atoms with Gasteiger partial charge in [-0.2, -0.15) is 0 Å². The van der Waals surface area contributed by atoms with E-state index in [1.807, 2.05) is 58.0 Å². The molecule has 0 bridgehead atoms. The number of ether oxygens (including phenoxy) is 6. The third-order valence-electron chi connectivity index (χ3n) is 5.09. The maximum atomic E-state index is 11.8. The Bertz CT molecular complexity index is 764. The molecule has 2 fully saturated rings. The van der Waals surface area contributed by atoms with Crippen molar-refractivity contribution in [2.45, 2.75) is 76.4 Å². The molecule has 0 saturated carbocycles. The zero-order valence-corrected chi connectivity index (χ0v) is 20.7. The highest BCUT2D eigenvalue weighted by molar-refractivity contribution is 14.1. The van der Waals surface area contributed by atoms with Crippen molar-refractivity contribution in [3.05, 3.63) is 48.0 Å². The van der Waals surface area contributed by atoms with Crippen LogP contribution in [0, 0.1) is 0 Å². The zero-order chi connectivity index (χ0) is 22.6. The predicted octanol–water partition coefficient (Wildman–Crippen LogP) is 3.78. The highest BCUT2D eigenvalue weighted by atomic mass is 127. The van der Waals surface area contributed by atoms with Crippen LogP contribution in [0.25, 0.3) is 0 Å². The first kappa shape index (κ1) is 24.6.